The fraction of sp³-hybridized carbons (Fsp3) is 0.700. The van der Waals surface area contributed by atoms with E-state index in [1.807, 2.05) is 11.6 Å². The lowest BCUT2D eigenvalue weighted by atomic mass is 9.93. The van der Waals surface area contributed by atoms with Crippen molar-refractivity contribution >= 4 is 5.82 Å². The smallest absolute Gasteiger partial charge is 0.124 e. The van der Waals surface area contributed by atoms with Crippen LogP contribution in [-0.2, 0) is 6.54 Å². The third-order valence-electron chi connectivity index (χ3n) is 2.66. The van der Waals surface area contributed by atoms with E-state index in [0.29, 0.717) is 6.04 Å². The number of hydrogen-bond acceptors (Lipinski definition) is 2. The quantitative estimate of drug-likeness (QED) is 0.770. The molecule has 72 valence electrons. The molecule has 1 aliphatic carbocycles. The van der Waals surface area contributed by atoms with Gasteiger partial charge in [0.05, 0.1) is 5.69 Å². The minimum atomic E-state index is 0.696. The molecule has 1 aliphatic rings. The summed E-state index contributed by atoms with van der Waals surface area (Å²) in [5, 5.41) is 7.91. The summed E-state index contributed by atoms with van der Waals surface area (Å²) in [6.07, 6.45) is 4.00. The molecule has 0 spiro atoms. The van der Waals surface area contributed by atoms with Gasteiger partial charge in [-0.3, -0.25) is 0 Å². The Bertz CT molecular complexity index is 286. The Labute approximate surface area is 79.1 Å². The average molecular weight is 179 g/mol. The second kappa shape index (κ2) is 3.40. The number of rotatable bonds is 3. The van der Waals surface area contributed by atoms with E-state index in [1.54, 1.807) is 0 Å². The highest BCUT2D eigenvalue weighted by Gasteiger charge is 2.18. The minimum absolute atomic E-state index is 0.696. The van der Waals surface area contributed by atoms with Gasteiger partial charge in [0.2, 0.25) is 0 Å². The van der Waals surface area contributed by atoms with Gasteiger partial charge in [-0.15, -0.1) is 0 Å². The fourth-order valence-corrected chi connectivity index (χ4v) is 1.66. The summed E-state index contributed by atoms with van der Waals surface area (Å²) in [5.41, 5.74) is 1.10. The summed E-state index contributed by atoms with van der Waals surface area (Å²) in [6, 6.07) is 2.82. The number of nitrogens with one attached hydrogen (secondary N) is 1. The highest BCUT2D eigenvalue weighted by molar-refractivity contribution is 5.38. The summed E-state index contributed by atoms with van der Waals surface area (Å²) < 4.78 is 2.04. The molecule has 0 atom stereocenters. The monoisotopic (exact) mass is 179 g/mol. The topological polar surface area (TPSA) is 29.9 Å². The fourth-order valence-electron chi connectivity index (χ4n) is 1.66. The van der Waals surface area contributed by atoms with Gasteiger partial charge in [0, 0.05) is 18.7 Å². The van der Waals surface area contributed by atoms with E-state index < -0.39 is 0 Å². The molecule has 0 bridgehead atoms. The molecular formula is C10H17N3. The first-order valence-electron chi connectivity index (χ1n) is 5.10. The Morgan fingerprint density at radius 1 is 1.62 bits per heavy atom. The van der Waals surface area contributed by atoms with Crippen molar-refractivity contribution in [2.75, 3.05) is 5.32 Å². The third kappa shape index (κ3) is 1.69. The van der Waals surface area contributed by atoms with Gasteiger partial charge in [0.1, 0.15) is 5.82 Å². The molecule has 0 radical (unpaired) electrons. The number of aryl methyl sites for hydroxylation is 2. The van der Waals surface area contributed by atoms with Crippen LogP contribution in [0.2, 0.25) is 0 Å². The van der Waals surface area contributed by atoms with Crippen molar-refractivity contribution in [3.63, 3.8) is 0 Å². The molecule has 1 heterocycles. The molecule has 3 nitrogen and oxygen atoms in total. The molecule has 1 N–H and O–H groups in total. The van der Waals surface area contributed by atoms with E-state index >= 15 is 0 Å². The van der Waals surface area contributed by atoms with Crippen LogP contribution in [0.25, 0.3) is 0 Å². The van der Waals surface area contributed by atoms with Crippen LogP contribution >= 0.6 is 0 Å². The van der Waals surface area contributed by atoms with Crippen molar-refractivity contribution < 1.29 is 0 Å². The first-order chi connectivity index (χ1) is 6.29. The van der Waals surface area contributed by atoms with Crippen molar-refractivity contribution in [2.45, 2.75) is 45.7 Å². The van der Waals surface area contributed by atoms with Crippen LogP contribution in [-0.4, -0.2) is 15.8 Å². The second-order valence-corrected chi connectivity index (χ2v) is 3.76. The lowest BCUT2D eigenvalue weighted by Gasteiger charge is -2.27. The molecule has 0 aromatic carbocycles. The predicted octanol–water partition coefficient (Wildman–Crippen LogP) is 2.18. The molecule has 3 heteroatoms. The molecule has 1 aromatic heterocycles. The number of hydrogen-bond donors (Lipinski definition) is 1. The van der Waals surface area contributed by atoms with E-state index in [2.05, 4.69) is 23.4 Å². The van der Waals surface area contributed by atoms with E-state index in [4.69, 9.17) is 0 Å². The van der Waals surface area contributed by atoms with Crippen LogP contribution in [0.1, 0.15) is 31.9 Å². The first kappa shape index (κ1) is 8.60. The first-order valence-corrected chi connectivity index (χ1v) is 5.10. The zero-order chi connectivity index (χ0) is 9.26. The summed E-state index contributed by atoms with van der Waals surface area (Å²) >= 11 is 0. The Morgan fingerprint density at radius 2 is 2.38 bits per heavy atom. The summed E-state index contributed by atoms with van der Waals surface area (Å²) in [6.45, 7) is 5.11. The molecule has 0 amide bonds. The molecule has 1 aromatic rings. The van der Waals surface area contributed by atoms with Crippen LogP contribution in [0.4, 0.5) is 5.82 Å². The normalized spacial score (nSPS) is 17.1. The Hall–Kier alpha value is -0.990. The minimum Gasteiger partial charge on any atom is -0.368 e. The third-order valence-corrected chi connectivity index (χ3v) is 2.66. The standard InChI is InChI=1S/C10H17N3/c1-3-13-10(7-8(2)12-13)11-9-5-4-6-9/h7,9,11H,3-6H2,1-2H3. The highest BCUT2D eigenvalue weighted by Crippen LogP contribution is 2.23. The number of aromatic nitrogens is 2. The molecule has 0 saturated heterocycles. The molecular weight excluding hydrogens is 162 g/mol. The van der Waals surface area contributed by atoms with Crippen LogP contribution in [0.5, 0.6) is 0 Å². The van der Waals surface area contributed by atoms with Crippen molar-refractivity contribution in [3.05, 3.63) is 11.8 Å². The van der Waals surface area contributed by atoms with E-state index in [1.165, 1.54) is 25.1 Å². The zero-order valence-electron chi connectivity index (χ0n) is 8.38. The van der Waals surface area contributed by atoms with E-state index in [-0.39, 0.29) is 0 Å². The number of nitrogens with zero attached hydrogens (tertiary/aromatic N) is 2. The van der Waals surface area contributed by atoms with Crippen molar-refractivity contribution in [1.82, 2.24) is 9.78 Å². The Morgan fingerprint density at radius 3 is 2.92 bits per heavy atom. The van der Waals surface area contributed by atoms with Gasteiger partial charge in [-0.2, -0.15) is 5.10 Å². The lowest BCUT2D eigenvalue weighted by molar-refractivity contribution is 0.441. The van der Waals surface area contributed by atoms with Gasteiger partial charge in [-0.05, 0) is 33.1 Å². The maximum absolute atomic E-state index is 4.39. The van der Waals surface area contributed by atoms with Gasteiger partial charge in [0.25, 0.3) is 0 Å². The van der Waals surface area contributed by atoms with Gasteiger partial charge in [-0.1, -0.05) is 0 Å². The van der Waals surface area contributed by atoms with Crippen LogP contribution < -0.4 is 5.32 Å². The van der Waals surface area contributed by atoms with Crippen LogP contribution in [0, 0.1) is 6.92 Å². The largest absolute Gasteiger partial charge is 0.368 e. The Kier molecular flexibility index (Phi) is 2.25. The lowest BCUT2D eigenvalue weighted by Crippen LogP contribution is -2.28. The van der Waals surface area contributed by atoms with Crippen LogP contribution in [0.3, 0.4) is 0 Å². The van der Waals surface area contributed by atoms with Crippen molar-refractivity contribution in [2.24, 2.45) is 0 Å². The summed E-state index contributed by atoms with van der Waals surface area (Å²) in [4.78, 5) is 0. The molecule has 13 heavy (non-hydrogen) atoms. The second-order valence-electron chi connectivity index (χ2n) is 3.76. The maximum atomic E-state index is 4.39. The molecule has 2 rings (SSSR count). The van der Waals surface area contributed by atoms with Crippen molar-refractivity contribution in [1.29, 1.82) is 0 Å². The summed E-state index contributed by atoms with van der Waals surface area (Å²) in [7, 11) is 0. The molecule has 1 saturated carbocycles. The van der Waals surface area contributed by atoms with Gasteiger partial charge in [-0.25, -0.2) is 4.68 Å². The Balaban J connectivity index is 2.08. The average Bonchev–Trinajstić information content (AvgIpc) is 2.38. The van der Waals surface area contributed by atoms with Crippen molar-refractivity contribution in [3.8, 4) is 0 Å². The number of anilines is 1. The maximum Gasteiger partial charge on any atom is 0.124 e. The van der Waals surface area contributed by atoms with Gasteiger partial charge < -0.3 is 5.32 Å². The molecule has 0 unspecified atom stereocenters. The SMILES string of the molecule is CCn1nc(C)cc1NC1CCC1. The van der Waals surface area contributed by atoms with E-state index in [0.717, 1.165) is 12.2 Å². The van der Waals surface area contributed by atoms with E-state index in [9.17, 15) is 0 Å². The van der Waals surface area contributed by atoms with Gasteiger partial charge in [0.15, 0.2) is 0 Å². The molecule has 1 fully saturated rings. The predicted molar refractivity (Wildman–Crippen MR) is 53.9 cm³/mol. The van der Waals surface area contributed by atoms with Gasteiger partial charge >= 0.3 is 0 Å². The van der Waals surface area contributed by atoms with Crippen LogP contribution in [0.15, 0.2) is 6.07 Å². The molecule has 0 aliphatic heterocycles. The highest BCUT2D eigenvalue weighted by atomic mass is 15.3. The summed E-state index contributed by atoms with van der Waals surface area (Å²) in [5.74, 6) is 1.18. The zero-order valence-corrected chi connectivity index (χ0v) is 8.38.